The normalized spacial score (nSPS) is 17.9. The summed E-state index contributed by atoms with van der Waals surface area (Å²) >= 11 is 0. The summed E-state index contributed by atoms with van der Waals surface area (Å²) in [6, 6.07) is 18.4. The Hall–Kier alpha value is -3.10. The number of hydrogen-bond donors (Lipinski definition) is 0. The van der Waals surface area contributed by atoms with Crippen LogP contribution in [0.5, 0.6) is 0 Å². The van der Waals surface area contributed by atoms with Crippen LogP contribution in [0.3, 0.4) is 0 Å². The van der Waals surface area contributed by atoms with Crippen molar-refractivity contribution in [1.29, 1.82) is 0 Å². The molecular formula is C23H26N6O2. The van der Waals surface area contributed by atoms with Gasteiger partial charge >= 0.3 is 0 Å². The summed E-state index contributed by atoms with van der Waals surface area (Å²) in [7, 11) is 0. The fourth-order valence-corrected chi connectivity index (χ4v) is 4.45. The fourth-order valence-electron chi connectivity index (χ4n) is 4.45. The van der Waals surface area contributed by atoms with Gasteiger partial charge in [-0.15, -0.1) is 5.10 Å². The molecule has 0 N–H and O–H groups in total. The van der Waals surface area contributed by atoms with Crippen LogP contribution in [0.1, 0.15) is 28.6 Å². The van der Waals surface area contributed by atoms with E-state index in [1.54, 1.807) is 4.68 Å². The molecule has 5 rings (SSSR count). The first-order valence-corrected chi connectivity index (χ1v) is 10.8. The zero-order valence-electron chi connectivity index (χ0n) is 17.4. The lowest BCUT2D eigenvalue weighted by Crippen LogP contribution is -2.42. The Balaban J connectivity index is 1.38. The molecule has 0 spiro atoms. The lowest BCUT2D eigenvalue weighted by molar-refractivity contribution is -0.133. The Morgan fingerprint density at radius 2 is 1.71 bits per heavy atom. The standard InChI is InChI=1S/C23H26N6O2/c30-21(28-11-10-18-6-4-5-9-20(18)16-28)17-29-23(24-25-26-29)22(19-7-2-1-3-8-19)27-12-14-31-15-13-27/h1-9,22H,10-17H2. The van der Waals surface area contributed by atoms with E-state index < -0.39 is 0 Å². The van der Waals surface area contributed by atoms with E-state index in [-0.39, 0.29) is 18.5 Å². The second-order valence-electron chi connectivity index (χ2n) is 7.99. The van der Waals surface area contributed by atoms with Crippen LogP contribution in [0, 0.1) is 0 Å². The highest BCUT2D eigenvalue weighted by molar-refractivity contribution is 5.76. The molecule has 31 heavy (non-hydrogen) atoms. The van der Waals surface area contributed by atoms with E-state index >= 15 is 0 Å². The third kappa shape index (κ3) is 4.22. The molecule has 1 atom stereocenters. The van der Waals surface area contributed by atoms with Gasteiger partial charge in [0.2, 0.25) is 5.91 Å². The number of morpholine rings is 1. The molecule has 0 saturated carbocycles. The third-order valence-electron chi connectivity index (χ3n) is 6.10. The smallest absolute Gasteiger partial charge is 0.244 e. The molecule has 3 aromatic rings. The molecule has 8 nitrogen and oxygen atoms in total. The fraction of sp³-hybridized carbons (Fsp3) is 0.391. The number of carbonyl (C=O) groups is 1. The first kappa shape index (κ1) is 19.8. The number of hydrogen-bond acceptors (Lipinski definition) is 6. The average molecular weight is 419 g/mol. The van der Waals surface area contributed by atoms with Crippen LogP contribution < -0.4 is 0 Å². The molecule has 2 aliphatic rings. The van der Waals surface area contributed by atoms with E-state index in [0.29, 0.717) is 25.6 Å². The van der Waals surface area contributed by atoms with Crippen molar-refractivity contribution < 1.29 is 9.53 Å². The molecule has 1 fully saturated rings. The van der Waals surface area contributed by atoms with Crippen LogP contribution in [0.25, 0.3) is 0 Å². The van der Waals surface area contributed by atoms with Gasteiger partial charge in [-0.2, -0.15) is 0 Å². The Labute approximate surface area is 181 Å². The topological polar surface area (TPSA) is 76.4 Å². The molecule has 1 saturated heterocycles. The molecule has 2 aliphatic heterocycles. The van der Waals surface area contributed by atoms with E-state index in [1.807, 2.05) is 29.2 Å². The molecule has 8 heteroatoms. The summed E-state index contributed by atoms with van der Waals surface area (Å²) in [4.78, 5) is 17.4. The number of carbonyl (C=O) groups excluding carboxylic acids is 1. The monoisotopic (exact) mass is 418 g/mol. The van der Waals surface area contributed by atoms with Gasteiger partial charge in [-0.3, -0.25) is 9.69 Å². The van der Waals surface area contributed by atoms with Gasteiger partial charge in [0.25, 0.3) is 0 Å². The van der Waals surface area contributed by atoms with Crippen LogP contribution in [0.4, 0.5) is 0 Å². The van der Waals surface area contributed by atoms with E-state index in [2.05, 4.69) is 50.8 Å². The van der Waals surface area contributed by atoms with Crippen LogP contribution in [0.2, 0.25) is 0 Å². The first-order valence-electron chi connectivity index (χ1n) is 10.8. The number of ether oxygens (including phenoxy) is 1. The van der Waals surface area contributed by atoms with Crippen molar-refractivity contribution in [2.45, 2.75) is 25.6 Å². The largest absolute Gasteiger partial charge is 0.379 e. The van der Waals surface area contributed by atoms with Crippen LogP contribution in [-0.2, 0) is 29.0 Å². The zero-order chi connectivity index (χ0) is 21.0. The first-order chi connectivity index (χ1) is 15.3. The molecule has 1 aromatic heterocycles. The predicted molar refractivity (Wildman–Crippen MR) is 114 cm³/mol. The molecule has 0 aliphatic carbocycles. The maximum absolute atomic E-state index is 13.1. The molecule has 2 aromatic carbocycles. The third-order valence-corrected chi connectivity index (χ3v) is 6.10. The van der Waals surface area contributed by atoms with Gasteiger partial charge in [-0.05, 0) is 33.5 Å². The number of amides is 1. The van der Waals surface area contributed by atoms with Crippen molar-refractivity contribution in [3.05, 3.63) is 77.1 Å². The van der Waals surface area contributed by atoms with Gasteiger partial charge in [0.1, 0.15) is 6.54 Å². The average Bonchev–Trinajstić information content (AvgIpc) is 3.28. The summed E-state index contributed by atoms with van der Waals surface area (Å²) in [5.41, 5.74) is 3.65. The molecule has 3 heterocycles. The Bertz CT molecular complexity index is 1030. The van der Waals surface area contributed by atoms with Crippen LogP contribution >= 0.6 is 0 Å². The van der Waals surface area contributed by atoms with Gasteiger partial charge < -0.3 is 9.64 Å². The summed E-state index contributed by atoms with van der Waals surface area (Å²) in [5.74, 6) is 0.732. The van der Waals surface area contributed by atoms with Gasteiger partial charge in [0.15, 0.2) is 5.82 Å². The summed E-state index contributed by atoms with van der Waals surface area (Å²) < 4.78 is 7.21. The molecule has 160 valence electrons. The molecule has 0 bridgehead atoms. The SMILES string of the molecule is O=C(Cn1nnnc1C(c1ccccc1)N1CCOCC1)N1CCc2ccccc2C1. The van der Waals surface area contributed by atoms with Crippen LogP contribution in [0.15, 0.2) is 54.6 Å². The highest BCUT2D eigenvalue weighted by Crippen LogP contribution is 2.28. The van der Waals surface area contributed by atoms with E-state index in [4.69, 9.17) is 4.74 Å². The Morgan fingerprint density at radius 3 is 2.52 bits per heavy atom. The number of aromatic nitrogens is 4. The molecular weight excluding hydrogens is 392 g/mol. The van der Waals surface area contributed by atoms with Gasteiger partial charge in [-0.1, -0.05) is 54.6 Å². The lowest BCUT2D eigenvalue weighted by Gasteiger charge is -2.34. The predicted octanol–water partition coefficient (Wildman–Crippen LogP) is 1.68. The van der Waals surface area contributed by atoms with Crippen LogP contribution in [-0.4, -0.2) is 68.8 Å². The van der Waals surface area contributed by atoms with Crippen molar-refractivity contribution in [3.8, 4) is 0 Å². The minimum atomic E-state index is -0.116. The van der Waals surface area contributed by atoms with Gasteiger partial charge in [-0.25, -0.2) is 4.68 Å². The maximum atomic E-state index is 13.1. The van der Waals surface area contributed by atoms with Crippen molar-refractivity contribution in [2.24, 2.45) is 0 Å². The number of rotatable bonds is 5. The van der Waals surface area contributed by atoms with Crippen molar-refractivity contribution in [3.63, 3.8) is 0 Å². The number of benzene rings is 2. The minimum Gasteiger partial charge on any atom is -0.379 e. The summed E-state index contributed by atoms with van der Waals surface area (Å²) in [6.45, 7) is 4.44. The summed E-state index contributed by atoms with van der Waals surface area (Å²) in [5, 5.41) is 12.5. The van der Waals surface area contributed by atoms with Gasteiger partial charge in [0, 0.05) is 26.2 Å². The minimum absolute atomic E-state index is 0.0387. The Morgan fingerprint density at radius 1 is 0.968 bits per heavy atom. The highest BCUT2D eigenvalue weighted by Gasteiger charge is 2.30. The van der Waals surface area contributed by atoms with Crippen molar-refractivity contribution in [2.75, 3.05) is 32.8 Å². The van der Waals surface area contributed by atoms with Crippen molar-refractivity contribution in [1.82, 2.24) is 30.0 Å². The van der Waals surface area contributed by atoms with E-state index in [0.717, 1.165) is 31.6 Å². The number of nitrogens with zero attached hydrogens (tertiary/aromatic N) is 6. The second-order valence-corrected chi connectivity index (χ2v) is 7.99. The van der Waals surface area contributed by atoms with Gasteiger partial charge in [0.05, 0.1) is 19.3 Å². The maximum Gasteiger partial charge on any atom is 0.244 e. The molecule has 1 unspecified atom stereocenters. The van der Waals surface area contributed by atoms with E-state index in [1.165, 1.54) is 11.1 Å². The summed E-state index contributed by atoms with van der Waals surface area (Å²) in [6.07, 6.45) is 0.880. The van der Waals surface area contributed by atoms with E-state index in [9.17, 15) is 4.79 Å². The number of tetrazole rings is 1. The zero-order valence-corrected chi connectivity index (χ0v) is 17.4. The Kier molecular flexibility index (Phi) is 5.73. The highest BCUT2D eigenvalue weighted by atomic mass is 16.5. The number of fused-ring (bicyclic) bond motifs is 1. The molecule has 1 amide bonds. The molecule has 0 radical (unpaired) electrons. The quantitative estimate of drug-likeness (QED) is 0.628. The second kappa shape index (κ2) is 8.95. The lowest BCUT2D eigenvalue weighted by atomic mass is 10.00. The van der Waals surface area contributed by atoms with Crippen molar-refractivity contribution >= 4 is 5.91 Å².